The first-order chi connectivity index (χ1) is 12.7. The van der Waals surface area contributed by atoms with Crippen molar-refractivity contribution in [1.82, 2.24) is 0 Å². The van der Waals surface area contributed by atoms with Gasteiger partial charge in [-0.1, -0.05) is 24.3 Å². The Bertz CT molecular complexity index is 814. The van der Waals surface area contributed by atoms with Crippen molar-refractivity contribution in [3.05, 3.63) is 54.1 Å². The average Bonchev–Trinajstić information content (AvgIpc) is 3.01. The van der Waals surface area contributed by atoms with E-state index in [0.717, 1.165) is 22.7 Å². The minimum Gasteiger partial charge on any atom is -0.497 e. The van der Waals surface area contributed by atoms with E-state index in [4.69, 9.17) is 9.47 Å². The summed E-state index contributed by atoms with van der Waals surface area (Å²) >= 11 is 0. The fourth-order valence-electron chi connectivity index (χ4n) is 3.16. The molecule has 0 aromatic heterocycles. The van der Waals surface area contributed by atoms with Gasteiger partial charge in [-0.15, -0.1) is 0 Å². The van der Waals surface area contributed by atoms with Crippen molar-refractivity contribution in [1.29, 1.82) is 5.26 Å². The highest BCUT2D eigenvalue weighted by Gasteiger charge is 2.36. The highest BCUT2D eigenvalue weighted by atomic mass is 16.5. The summed E-state index contributed by atoms with van der Waals surface area (Å²) in [6.07, 6.45) is -0.366. The summed E-state index contributed by atoms with van der Waals surface area (Å²) < 4.78 is 10.3. The molecule has 1 heterocycles. The van der Waals surface area contributed by atoms with Crippen LogP contribution in [0.5, 0.6) is 5.75 Å². The molecule has 26 heavy (non-hydrogen) atoms. The standard InChI is InChI=1S/C20H21N3O3/c1-3-26-19(24)13-23-18-7-5-4-6-17(18)22-20(23)16(12-21)14-8-10-15(25-2)11-9-14/h4-11,16,20,22H,3,13H2,1-2H3/t16-,20+/m0/s1. The molecule has 1 aliphatic rings. The summed E-state index contributed by atoms with van der Waals surface area (Å²) in [5, 5.41) is 13.2. The van der Waals surface area contributed by atoms with Gasteiger partial charge in [-0.25, -0.2) is 0 Å². The van der Waals surface area contributed by atoms with Gasteiger partial charge in [0.2, 0.25) is 0 Å². The van der Waals surface area contributed by atoms with Crippen molar-refractivity contribution in [2.45, 2.75) is 19.0 Å². The van der Waals surface area contributed by atoms with Crippen LogP contribution in [-0.2, 0) is 9.53 Å². The van der Waals surface area contributed by atoms with Crippen molar-refractivity contribution in [3.63, 3.8) is 0 Å². The van der Waals surface area contributed by atoms with Gasteiger partial charge < -0.3 is 19.7 Å². The van der Waals surface area contributed by atoms with Gasteiger partial charge in [-0.2, -0.15) is 5.26 Å². The number of carbonyl (C=O) groups is 1. The zero-order valence-corrected chi connectivity index (χ0v) is 14.8. The summed E-state index contributed by atoms with van der Waals surface area (Å²) in [4.78, 5) is 14.0. The molecule has 0 amide bonds. The maximum Gasteiger partial charge on any atom is 0.325 e. The number of nitrogens with one attached hydrogen (secondary N) is 1. The molecular formula is C20H21N3O3. The molecule has 0 aliphatic carbocycles. The molecule has 0 fully saturated rings. The molecule has 6 nitrogen and oxygen atoms in total. The van der Waals surface area contributed by atoms with Crippen molar-refractivity contribution in [2.24, 2.45) is 0 Å². The molecule has 0 bridgehead atoms. The number of para-hydroxylation sites is 2. The molecular weight excluding hydrogens is 330 g/mol. The van der Waals surface area contributed by atoms with Crippen LogP contribution in [0.15, 0.2) is 48.5 Å². The van der Waals surface area contributed by atoms with E-state index in [9.17, 15) is 10.1 Å². The molecule has 134 valence electrons. The molecule has 1 N–H and O–H groups in total. The van der Waals surface area contributed by atoms with Gasteiger partial charge in [-0.05, 0) is 36.8 Å². The summed E-state index contributed by atoms with van der Waals surface area (Å²) in [6.45, 7) is 2.18. The van der Waals surface area contributed by atoms with E-state index in [-0.39, 0.29) is 18.7 Å². The van der Waals surface area contributed by atoms with E-state index < -0.39 is 5.92 Å². The molecule has 0 saturated carbocycles. The minimum atomic E-state index is -0.470. The Morgan fingerprint density at radius 3 is 2.65 bits per heavy atom. The van der Waals surface area contributed by atoms with Crippen LogP contribution in [0.3, 0.4) is 0 Å². The third-order valence-corrected chi connectivity index (χ3v) is 4.39. The zero-order chi connectivity index (χ0) is 18.5. The number of hydrogen-bond acceptors (Lipinski definition) is 6. The predicted molar refractivity (Wildman–Crippen MR) is 99.2 cm³/mol. The van der Waals surface area contributed by atoms with E-state index in [0.29, 0.717) is 6.61 Å². The monoisotopic (exact) mass is 351 g/mol. The van der Waals surface area contributed by atoms with Crippen LogP contribution in [0, 0.1) is 11.3 Å². The van der Waals surface area contributed by atoms with Crippen LogP contribution in [0.1, 0.15) is 18.4 Å². The molecule has 0 spiro atoms. The SMILES string of the molecule is CCOC(=O)CN1c2ccccc2N[C@H]1[C@@H](C#N)c1ccc(OC)cc1. The molecule has 0 saturated heterocycles. The number of esters is 1. The van der Waals surface area contributed by atoms with Crippen LogP contribution >= 0.6 is 0 Å². The Balaban J connectivity index is 1.92. The maximum atomic E-state index is 12.1. The van der Waals surface area contributed by atoms with Crippen LogP contribution < -0.4 is 15.0 Å². The van der Waals surface area contributed by atoms with Crippen molar-refractivity contribution >= 4 is 17.3 Å². The lowest BCUT2D eigenvalue weighted by Gasteiger charge is -2.29. The van der Waals surface area contributed by atoms with Gasteiger partial charge in [0, 0.05) is 0 Å². The molecule has 0 unspecified atom stereocenters. The number of nitrogens with zero attached hydrogens (tertiary/aromatic N) is 2. The van der Waals surface area contributed by atoms with E-state index in [1.807, 2.05) is 53.4 Å². The maximum absolute atomic E-state index is 12.1. The normalized spacial score (nSPS) is 16.2. The number of ether oxygens (including phenoxy) is 2. The number of fused-ring (bicyclic) bond motifs is 1. The number of carbonyl (C=O) groups excluding carboxylic acids is 1. The molecule has 0 radical (unpaired) electrons. The Kier molecular flexibility index (Phi) is 5.28. The van der Waals surface area contributed by atoms with Crippen molar-refractivity contribution in [2.75, 3.05) is 30.5 Å². The van der Waals surface area contributed by atoms with Gasteiger partial charge >= 0.3 is 5.97 Å². The Labute approximate surface area is 152 Å². The zero-order valence-electron chi connectivity index (χ0n) is 14.8. The highest BCUT2D eigenvalue weighted by Crippen LogP contribution is 2.39. The van der Waals surface area contributed by atoms with E-state index in [1.165, 1.54) is 0 Å². The van der Waals surface area contributed by atoms with Gasteiger partial charge in [0.1, 0.15) is 24.4 Å². The number of benzene rings is 2. The van der Waals surface area contributed by atoms with Gasteiger partial charge in [-0.3, -0.25) is 4.79 Å². The number of rotatable bonds is 6. The van der Waals surface area contributed by atoms with Crippen LogP contribution in [0.2, 0.25) is 0 Å². The third-order valence-electron chi connectivity index (χ3n) is 4.39. The topological polar surface area (TPSA) is 74.6 Å². The van der Waals surface area contributed by atoms with Gasteiger partial charge in [0.15, 0.2) is 0 Å². The second-order valence-electron chi connectivity index (χ2n) is 5.92. The van der Waals surface area contributed by atoms with Crippen LogP contribution in [-0.4, -0.2) is 32.4 Å². The molecule has 1 aliphatic heterocycles. The lowest BCUT2D eigenvalue weighted by molar-refractivity contribution is -0.141. The van der Waals surface area contributed by atoms with Crippen LogP contribution in [0.4, 0.5) is 11.4 Å². The fourth-order valence-corrected chi connectivity index (χ4v) is 3.16. The van der Waals surface area contributed by atoms with E-state index >= 15 is 0 Å². The average molecular weight is 351 g/mol. The number of hydrogen-bond donors (Lipinski definition) is 1. The summed E-state index contributed by atoms with van der Waals surface area (Å²) in [7, 11) is 1.60. The first-order valence-electron chi connectivity index (χ1n) is 8.49. The fraction of sp³-hybridized carbons (Fsp3) is 0.300. The third kappa shape index (κ3) is 3.42. The second-order valence-corrected chi connectivity index (χ2v) is 5.92. The highest BCUT2D eigenvalue weighted by molar-refractivity contribution is 5.83. The Hall–Kier alpha value is -3.20. The predicted octanol–water partition coefficient (Wildman–Crippen LogP) is 3.12. The Morgan fingerprint density at radius 2 is 2.00 bits per heavy atom. The molecule has 3 rings (SSSR count). The van der Waals surface area contributed by atoms with E-state index in [2.05, 4.69) is 11.4 Å². The first-order valence-corrected chi connectivity index (χ1v) is 8.49. The molecule has 6 heteroatoms. The molecule has 2 aromatic rings. The smallest absolute Gasteiger partial charge is 0.325 e. The summed E-state index contributed by atoms with van der Waals surface area (Å²) in [5.74, 6) is -0.0540. The number of nitriles is 1. The van der Waals surface area contributed by atoms with Crippen molar-refractivity contribution in [3.8, 4) is 11.8 Å². The van der Waals surface area contributed by atoms with E-state index in [1.54, 1.807) is 14.0 Å². The lowest BCUT2D eigenvalue weighted by Crippen LogP contribution is -2.43. The van der Waals surface area contributed by atoms with Crippen LogP contribution in [0.25, 0.3) is 0 Å². The van der Waals surface area contributed by atoms with Gasteiger partial charge in [0.25, 0.3) is 0 Å². The quantitative estimate of drug-likeness (QED) is 0.806. The minimum absolute atomic E-state index is 0.0802. The lowest BCUT2D eigenvalue weighted by atomic mass is 9.96. The summed E-state index contributed by atoms with van der Waals surface area (Å²) in [5.41, 5.74) is 2.64. The molecule has 2 aromatic carbocycles. The largest absolute Gasteiger partial charge is 0.497 e. The number of methoxy groups -OCH3 is 1. The second kappa shape index (κ2) is 7.79. The molecule has 2 atom stereocenters. The Morgan fingerprint density at radius 1 is 1.27 bits per heavy atom. The van der Waals surface area contributed by atoms with Crippen molar-refractivity contribution < 1.29 is 14.3 Å². The summed E-state index contributed by atoms with van der Waals surface area (Å²) in [6, 6.07) is 17.5. The first kappa shape index (κ1) is 17.6. The van der Waals surface area contributed by atoms with Gasteiger partial charge in [0.05, 0.1) is 31.2 Å². The number of anilines is 2.